The lowest BCUT2D eigenvalue weighted by Gasteiger charge is -2.06. The van der Waals surface area contributed by atoms with Gasteiger partial charge >= 0.3 is 0 Å². The predicted octanol–water partition coefficient (Wildman–Crippen LogP) is 2.80. The molecule has 0 amide bonds. The first-order valence-electron chi connectivity index (χ1n) is 5.36. The molecule has 1 atom stereocenters. The second-order valence-electron chi connectivity index (χ2n) is 3.72. The molecule has 2 nitrogen and oxygen atoms in total. The third kappa shape index (κ3) is 5.09. The van der Waals surface area contributed by atoms with Crippen molar-refractivity contribution < 1.29 is 8.76 Å². The summed E-state index contributed by atoms with van der Waals surface area (Å²) in [7, 11) is 0. The maximum atomic E-state index is 10.5. The number of benzene rings is 1. The van der Waals surface area contributed by atoms with Crippen LogP contribution < -0.4 is 0 Å². The summed E-state index contributed by atoms with van der Waals surface area (Å²) in [4.78, 5) is 0. The molecule has 1 aromatic carbocycles. The van der Waals surface area contributed by atoms with E-state index in [1.807, 2.05) is 24.3 Å². The highest BCUT2D eigenvalue weighted by Crippen LogP contribution is 2.09. The summed E-state index contributed by atoms with van der Waals surface area (Å²) in [6.45, 7) is 2.19. The number of aryl methyl sites for hydroxylation is 1. The largest absolute Gasteiger partial charge is 0.772 e. The normalized spacial score (nSPS) is 12.7. The first-order valence-corrected chi connectivity index (χ1v) is 6.60. The van der Waals surface area contributed by atoms with Gasteiger partial charge in [-0.3, -0.25) is 4.21 Å². The van der Waals surface area contributed by atoms with Gasteiger partial charge in [0.05, 0.1) is 0 Å². The summed E-state index contributed by atoms with van der Waals surface area (Å²) in [6, 6.07) is 7.85. The van der Waals surface area contributed by atoms with Gasteiger partial charge < -0.3 is 4.55 Å². The molecule has 0 saturated heterocycles. The fourth-order valence-electron chi connectivity index (χ4n) is 1.52. The Kier molecular flexibility index (Phi) is 5.58. The van der Waals surface area contributed by atoms with Gasteiger partial charge in [-0.1, -0.05) is 55.1 Å². The molecule has 0 saturated carbocycles. The summed E-state index contributed by atoms with van der Waals surface area (Å²) >= 11 is -1.98. The summed E-state index contributed by atoms with van der Waals surface area (Å²) in [6.07, 6.45) is 4.79. The average molecular weight is 225 g/mol. The third-order valence-corrected chi connectivity index (χ3v) is 2.95. The minimum Gasteiger partial charge on any atom is -0.772 e. The van der Waals surface area contributed by atoms with Crippen LogP contribution in [0, 0.1) is 0 Å². The molecule has 0 aromatic heterocycles. The first kappa shape index (κ1) is 12.4. The van der Waals surface area contributed by atoms with E-state index in [9.17, 15) is 8.76 Å². The molecule has 1 unspecified atom stereocenters. The molecule has 0 aliphatic carbocycles. The van der Waals surface area contributed by atoms with E-state index in [0.717, 1.165) is 12.0 Å². The van der Waals surface area contributed by atoms with Crippen LogP contribution in [0.4, 0.5) is 0 Å². The number of rotatable bonds is 6. The van der Waals surface area contributed by atoms with Crippen LogP contribution in [0.5, 0.6) is 0 Å². The van der Waals surface area contributed by atoms with Crippen LogP contribution in [0.15, 0.2) is 24.3 Å². The number of hydrogen-bond donors (Lipinski definition) is 0. The zero-order chi connectivity index (χ0) is 11.1. The molecule has 1 rings (SSSR count). The zero-order valence-corrected chi connectivity index (χ0v) is 9.89. The number of unbranched alkanes of at least 4 members (excludes halogenated alkanes) is 2. The quantitative estimate of drug-likeness (QED) is 0.551. The van der Waals surface area contributed by atoms with Gasteiger partial charge in [-0.05, 0) is 24.0 Å². The van der Waals surface area contributed by atoms with Gasteiger partial charge in [0.25, 0.3) is 0 Å². The Morgan fingerprint density at radius 1 is 1.13 bits per heavy atom. The van der Waals surface area contributed by atoms with Crippen molar-refractivity contribution in [2.75, 3.05) is 0 Å². The molecule has 0 bridgehead atoms. The van der Waals surface area contributed by atoms with Crippen molar-refractivity contribution in [1.29, 1.82) is 0 Å². The van der Waals surface area contributed by atoms with E-state index < -0.39 is 11.1 Å². The molecule has 0 aliphatic rings. The molecule has 1 aromatic rings. The Balaban J connectivity index is 2.45. The fraction of sp³-hybridized carbons (Fsp3) is 0.500. The lowest BCUT2D eigenvalue weighted by molar-refractivity contribution is 0.536. The van der Waals surface area contributed by atoms with Crippen molar-refractivity contribution >= 4 is 11.1 Å². The SMILES string of the molecule is CCCCCc1ccc(CS(=O)[O-])cc1. The third-order valence-electron chi connectivity index (χ3n) is 2.38. The summed E-state index contributed by atoms with van der Waals surface area (Å²) in [5, 5.41) is 0. The highest BCUT2D eigenvalue weighted by molar-refractivity contribution is 7.78. The van der Waals surface area contributed by atoms with E-state index in [1.54, 1.807) is 0 Å². The molecule has 0 spiro atoms. The fourth-order valence-corrected chi connectivity index (χ4v) is 1.98. The van der Waals surface area contributed by atoms with Crippen molar-refractivity contribution in [2.24, 2.45) is 0 Å². The van der Waals surface area contributed by atoms with Crippen LogP contribution in [0.1, 0.15) is 37.3 Å². The first-order chi connectivity index (χ1) is 7.22. The lowest BCUT2D eigenvalue weighted by Crippen LogP contribution is -1.93. The molecule has 0 radical (unpaired) electrons. The minimum atomic E-state index is -1.98. The second kappa shape index (κ2) is 6.75. The smallest absolute Gasteiger partial charge is 0.0353 e. The molecular weight excluding hydrogens is 208 g/mol. The monoisotopic (exact) mass is 225 g/mol. The highest BCUT2D eigenvalue weighted by Gasteiger charge is 1.95. The van der Waals surface area contributed by atoms with E-state index in [-0.39, 0.29) is 5.75 Å². The number of hydrogen-bond acceptors (Lipinski definition) is 2. The summed E-state index contributed by atoms with van der Waals surface area (Å²) < 4.78 is 20.9. The van der Waals surface area contributed by atoms with E-state index in [1.165, 1.54) is 24.8 Å². The van der Waals surface area contributed by atoms with E-state index >= 15 is 0 Å². The van der Waals surface area contributed by atoms with Gasteiger partial charge in [0.15, 0.2) is 0 Å². The Morgan fingerprint density at radius 2 is 1.73 bits per heavy atom. The van der Waals surface area contributed by atoms with Crippen LogP contribution in [-0.4, -0.2) is 8.76 Å². The summed E-state index contributed by atoms with van der Waals surface area (Å²) in [5.74, 6) is 0.120. The van der Waals surface area contributed by atoms with Crippen LogP contribution in [-0.2, 0) is 23.3 Å². The predicted molar refractivity (Wildman–Crippen MR) is 62.3 cm³/mol. The highest BCUT2D eigenvalue weighted by atomic mass is 32.2. The maximum Gasteiger partial charge on any atom is 0.0353 e. The molecule has 3 heteroatoms. The molecular formula is C12H17O2S-. The van der Waals surface area contributed by atoms with Crippen molar-refractivity contribution in [3.05, 3.63) is 35.4 Å². The van der Waals surface area contributed by atoms with Crippen molar-refractivity contribution in [2.45, 2.75) is 38.4 Å². The second-order valence-corrected chi connectivity index (χ2v) is 4.62. The Labute approximate surface area is 94.0 Å². The van der Waals surface area contributed by atoms with Gasteiger partial charge in [0, 0.05) is 5.75 Å². The molecule has 0 N–H and O–H groups in total. The van der Waals surface area contributed by atoms with Gasteiger partial charge in [-0.25, -0.2) is 0 Å². The lowest BCUT2D eigenvalue weighted by atomic mass is 10.1. The Hall–Kier alpha value is -0.670. The van der Waals surface area contributed by atoms with Crippen LogP contribution in [0.2, 0.25) is 0 Å². The van der Waals surface area contributed by atoms with Crippen molar-refractivity contribution in [3.63, 3.8) is 0 Å². The van der Waals surface area contributed by atoms with Gasteiger partial charge in [0.1, 0.15) is 0 Å². The van der Waals surface area contributed by atoms with Gasteiger partial charge in [-0.2, -0.15) is 0 Å². The van der Waals surface area contributed by atoms with E-state index in [4.69, 9.17) is 0 Å². The Morgan fingerprint density at radius 3 is 2.27 bits per heavy atom. The molecule has 0 aliphatic heterocycles. The molecule has 84 valence electrons. The molecule has 0 heterocycles. The van der Waals surface area contributed by atoms with Gasteiger partial charge in [0.2, 0.25) is 0 Å². The van der Waals surface area contributed by atoms with E-state index in [2.05, 4.69) is 6.92 Å². The molecule has 0 fully saturated rings. The zero-order valence-electron chi connectivity index (χ0n) is 9.07. The van der Waals surface area contributed by atoms with Crippen LogP contribution in [0.3, 0.4) is 0 Å². The average Bonchev–Trinajstić information content (AvgIpc) is 2.20. The topological polar surface area (TPSA) is 40.1 Å². The van der Waals surface area contributed by atoms with E-state index in [0.29, 0.717) is 0 Å². The standard InChI is InChI=1S/C12H18O2S/c1-2-3-4-5-11-6-8-12(9-7-11)10-15(13)14/h6-9H,2-5,10H2,1H3,(H,13,14)/p-1. The van der Waals surface area contributed by atoms with Crippen LogP contribution in [0.25, 0.3) is 0 Å². The summed E-state index contributed by atoms with van der Waals surface area (Å²) in [5.41, 5.74) is 2.16. The minimum absolute atomic E-state index is 0.120. The van der Waals surface area contributed by atoms with Crippen molar-refractivity contribution in [3.8, 4) is 0 Å². The van der Waals surface area contributed by atoms with Crippen LogP contribution >= 0.6 is 0 Å². The van der Waals surface area contributed by atoms with Crippen molar-refractivity contribution in [1.82, 2.24) is 0 Å². The Bertz CT molecular complexity index is 306. The maximum absolute atomic E-state index is 10.5. The molecule has 15 heavy (non-hydrogen) atoms. The van der Waals surface area contributed by atoms with Gasteiger partial charge in [-0.15, -0.1) is 0 Å².